The first-order valence-electron chi connectivity index (χ1n) is 8.80. The Morgan fingerprint density at radius 2 is 1.54 bits per heavy atom. The lowest BCUT2D eigenvalue weighted by Gasteiger charge is -2.15. The van der Waals surface area contributed by atoms with E-state index in [2.05, 4.69) is 12.1 Å². The molecule has 4 nitrogen and oxygen atoms in total. The van der Waals surface area contributed by atoms with Gasteiger partial charge in [-0.2, -0.15) is 0 Å². The predicted octanol–water partition coefficient (Wildman–Crippen LogP) is 4.86. The number of aryl methyl sites for hydroxylation is 1. The molecule has 138 valence electrons. The summed E-state index contributed by atoms with van der Waals surface area (Å²) in [6.45, 7) is 6.43. The Bertz CT molecular complexity index is 743. The maximum Gasteiger partial charge on any atom is 0.339 e. The molecule has 2 aromatic rings. The van der Waals surface area contributed by atoms with Crippen LogP contribution < -0.4 is 4.74 Å². The van der Waals surface area contributed by atoms with Crippen LogP contribution >= 0.6 is 0 Å². The van der Waals surface area contributed by atoms with E-state index in [4.69, 9.17) is 14.2 Å². The summed E-state index contributed by atoms with van der Waals surface area (Å²) in [4.78, 5) is 12.7. The molecule has 26 heavy (non-hydrogen) atoms. The van der Waals surface area contributed by atoms with Crippen molar-refractivity contribution in [2.75, 3.05) is 20.5 Å². The second-order valence-corrected chi connectivity index (χ2v) is 5.87. The van der Waals surface area contributed by atoms with Crippen LogP contribution in [0.25, 0.3) is 11.1 Å². The topological polar surface area (TPSA) is 44.8 Å². The maximum absolute atomic E-state index is 12.7. The van der Waals surface area contributed by atoms with E-state index in [-0.39, 0.29) is 12.8 Å². The van der Waals surface area contributed by atoms with Crippen LogP contribution in [0, 0.1) is 6.92 Å². The van der Waals surface area contributed by atoms with Gasteiger partial charge in [0.05, 0.1) is 12.2 Å². The number of methoxy groups -OCH3 is 1. The molecule has 2 aromatic carbocycles. The molecular formula is C22H26O4. The van der Waals surface area contributed by atoms with Crippen molar-refractivity contribution in [3.8, 4) is 5.75 Å². The third-order valence-electron chi connectivity index (χ3n) is 4.02. The summed E-state index contributed by atoms with van der Waals surface area (Å²) >= 11 is 0. The fourth-order valence-corrected chi connectivity index (χ4v) is 2.74. The van der Waals surface area contributed by atoms with Crippen molar-refractivity contribution in [3.63, 3.8) is 0 Å². The van der Waals surface area contributed by atoms with E-state index >= 15 is 0 Å². The number of esters is 1. The lowest BCUT2D eigenvalue weighted by atomic mass is 9.92. The lowest BCUT2D eigenvalue weighted by Crippen LogP contribution is -2.09. The molecule has 0 aliphatic rings. The summed E-state index contributed by atoms with van der Waals surface area (Å²) < 4.78 is 15.7. The minimum Gasteiger partial charge on any atom is -0.468 e. The molecule has 0 heterocycles. The fraction of sp³-hybridized carbons (Fsp3) is 0.318. The first-order valence-corrected chi connectivity index (χ1v) is 8.80. The molecule has 0 N–H and O–H groups in total. The van der Waals surface area contributed by atoms with Gasteiger partial charge in [0.25, 0.3) is 0 Å². The molecule has 4 heteroatoms. The highest BCUT2D eigenvalue weighted by atomic mass is 16.7. The van der Waals surface area contributed by atoms with Crippen molar-refractivity contribution >= 4 is 17.1 Å². The van der Waals surface area contributed by atoms with Gasteiger partial charge in [-0.15, -0.1) is 0 Å². The SMILES string of the molecule is CCOC(=O)C(=C(CC)c1ccc(C)cc1)c1ccc(OCOC)cc1. The van der Waals surface area contributed by atoms with E-state index in [1.54, 1.807) is 7.11 Å². The zero-order valence-electron chi connectivity index (χ0n) is 15.9. The van der Waals surface area contributed by atoms with Gasteiger partial charge in [-0.3, -0.25) is 0 Å². The highest BCUT2D eigenvalue weighted by Crippen LogP contribution is 2.31. The van der Waals surface area contributed by atoms with Gasteiger partial charge in [0, 0.05) is 7.11 Å². The average molecular weight is 354 g/mol. The summed E-state index contributed by atoms with van der Waals surface area (Å²) in [5, 5.41) is 0. The molecule has 0 spiro atoms. The predicted molar refractivity (Wildman–Crippen MR) is 104 cm³/mol. The van der Waals surface area contributed by atoms with Crippen LogP contribution in [0.1, 0.15) is 37.0 Å². The number of rotatable bonds is 8. The minimum atomic E-state index is -0.310. The smallest absolute Gasteiger partial charge is 0.339 e. The van der Waals surface area contributed by atoms with Crippen molar-refractivity contribution < 1.29 is 19.0 Å². The van der Waals surface area contributed by atoms with Crippen LogP contribution in [0.3, 0.4) is 0 Å². The molecular weight excluding hydrogens is 328 g/mol. The molecule has 0 saturated heterocycles. The second-order valence-electron chi connectivity index (χ2n) is 5.87. The Morgan fingerprint density at radius 1 is 0.923 bits per heavy atom. The van der Waals surface area contributed by atoms with Gasteiger partial charge in [-0.1, -0.05) is 48.9 Å². The number of allylic oxidation sites excluding steroid dienone is 1. The highest BCUT2D eigenvalue weighted by molar-refractivity contribution is 6.24. The minimum absolute atomic E-state index is 0.184. The number of hydrogen-bond donors (Lipinski definition) is 0. The van der Waals surface area contributed by atoms with Crippen molar-refractivity contribution in [2.24, 2.45) is 0 Å². The van der Waals surface area contributed by atoms with Crippen molar-refractivity contribution in [1.29, 1.82) is 0 Å². The van der Waals surface area contributed by atoms with Gasteiger partial charge >= 0.3 is 5.97 Å². The molecule has 0 unspecified atom stereocenters. The van der Waals surface area contributed by atoms with E-state index in [0.717, 1.165) is 23.1 Å². The van der Waals surface area contributed by atoms with Gasteiger partial charge in [-0.05, 0) is 49.1 Å². The first kappa shape index (κ1) is 19.7. The lowest BCUT2D eigenvalue weighted by molar-refractivity contribution is -0.136. The molecule has 2 rings (SSSR count). The molecule has 0 radical (unpaired) electrons. The Morgan fingerprint density at radius 3 is 2.08 bits per heavy atom. The van der Waals surface area contributed by atoms with Gasteiger partial charge in [0.15, 0.2) is 6.79 Å². The Hall–Kier alpha value is -2.59. The van der Waals surface area contributed by atoms with Crippen molar-refractivity contribution in [3.05, 3.63) is 65.2 Å². The van der Waals surface area contributed by atoms with Crippen LogP contribution in [-0.4, -0.2) is 26.5 Å². The number of ether oxygens (including phenoxy) is 3. The van der Waals surface area contributed by atoms with E-state index in [0.29, 0.717) is 17.9 Å². The van der Waals surface area contributed by atoms with E-state index in [1.165, 1.54) is 5.56 Å². The maximum atomic E-state index is 12.7. The molecule has 0 aliphatic heterocycles. The zero-order valence-corrected chi connectivity index (χ0v) is 15.9. The summed E-state index contributed by atoms with van der Waals surface area (Å²) in [7, 11) is 1.57. The molecule has 0 bridgehead atoms. The third kappa shape index (κ3) is 4.96. The monoisotopic (exact) mass is 354 g/mol. The number of hydrogen-bond acceptors (Lipinski definition) is 4. The van der Waals surface area contributed by atoms with Gasteiger partial charge in [0.1, 0.15) is 5.75 Å². The Kier molecular flexibility index (Phi) is 7.42. The molecule has 0 saturated carbocycles. The molecule has 0 aliphatic carbocycles. The second kappa shape index (κ2) is 9.78. The van der Waals surface area contributed by atoms with Crippen molar-refractivity contribution in [2.45, 2.75) is 27.2 Å². The van der Waals surface area contributed by atoms with E-state index in [1.807, 2.05) is 57.2 Å². The summed E-state index contributed by atoms with van der Waals surface area (Å²) in [6, 6.07) is 15.6. The number of carbonyl (C=O) groups is 1. The quantitative estimate of drug-likeness (QED) is 0.294. The molecule has 0 amide bonds. The highest BCUT2D eigenvalue weighted by Gasteiger charge is 2.19. The first-order chi connectivity index (χ1) is 12.6. The standard InChI is InChI=1S/C22H26O4/c1-5-20(17-9-7-16(3)8-10-17)21(22(23)25-6-2)18-11-13-19(14-12-18)26-15-24-4/h7-14H,5-6,15H2,1-4H3. The molecule has 0 aromatic heterocycles. The van der Waals surface area contributed by atoms with Gasteiger partial charge < -0.3 is 14.2 Å². The Balaban J connectivity index is 2.50. The Labute approximate surface area is 155 Å². The molecule has 0 fully saturated rings. The largest absolute Gasteiger partial charge is 0.468 e. The van der Waals surface area contributed by atoms with E-state index < -0.39 is 0 Å². The summed E-state index contributed by atoms with van der Waals surface area (Å²) in [5.41, 5.74) is 4.58. The zero-order chi connectivity index (χ0) is 18.9. The number of carbonyl (C=O) groups excluding carboxylic acids is 1. The van der Waals surface area contributed by atoms with Crippen LogP contribution in [0.15, 0.2) is 48.5 Å². The fourth-order valence-electron chi connectivity index (χ4n) is 2.74. The third-order valence-corrected chi connectivity index (χ3v) is 4.02. The van der Waals surface area contributed by atoms with Crippen LogP contribution in [-0.2, 0) is 14.3 Å². The van der Waals surface area contributed by atoms with Crippen molar-refractivity contribution in [1.82, 2.24) is 0 Å². The summed E-state index contributed by atoms with van der Waals surface area (Å²) in [6.07, 6.45) is 0.721. The van der Waals surface area contributed by atoms with E-state index in [9.17, 15) is 4.79 Å². The van der Waals surface area contributed by atoms with Crippen LogP contribution in [0.5, 0.6) is 5.75 Å². The van der Waals surface area contributed by atoms with Gasteiger partial charge in [-0.25, -0.2) is 4.79 Å². The van der Waals surface area contributed by atoms with Gasteiger partial charge in [0.2, 0.25) is 0 Å². The summed E-state index contributed by atoms with van der Waals surface area (Å²) in [5.74, 6) is 0.377. The molecule has 0 atom stereocenters. The normalized spacial score (nSPS) is 11.7. The van der Waals surface area contributed by atoms with Crippen LogP contribution in [0.2, 0.25) is 0 Å². The number of benzene rings is 2. The van der Waals surface area contributed by atoms with Crippen LogP contribution in [0.4, 0.5) is 0 Å². The average Bonchev–Trinajstić information content (AvgIpc) is 2.66.